The van der Waals surface area contributed by atoms with Crippen LogP contribution in [0.3, 0.4) is 0 Å². The molecule has 1 aromatic heterocycles. The van der Waals surface area contributed by atoms with E-state index in [0.717, 1.165) is 19.6 Å². The maximum atomic E-state index is 12.8. The van der Waals surface area contributed by atoms with Crippen LogP contribution < -0.4 is 5.56 Å². The maximum absolute atomic E-state index is 12.8. The number of ether oxygens (including phenoxy) is 1. The number of esters is 1. The highest BCUT2D eigenvalue weighted by molar-refractivity contribution is 6.03. The van der Waals surface area contributed by atoms with Crippen LogP contribution in [-0.2, 0) is 16.1 Å². The number of fused-ring (bicyclic) bond motifs is 1. The lowest BCUT2D eigenvalue weighted by atomic mass is 10.1. The zero-order valence-corrected chi connectivity index (χ0v) is 17.4. The number of carbonyl (C=O) groups excluding carboxylic acids is 2. The summed E-state index contributed by atoms with van der Waals surface area (Å²) in [6, 6.07) is 18.5. The summed E-state index contributed by atoms with van der Waals surface area (Å²) in [4.78, 5) is 44.2. The van der Waals surface area contributed by atoms with Crippen molar-refractivity contribution >= 4 is 22.8 Å². The van der Waals surface area contributed by atoms with Crippen LogP contribution >= 0.6 is 0 Å². The van der Waals surface area contributed by atoms with Gasteiger partial charge in [-0.05, 0) is 18.6 Å². The Balaban J connectivity index is 1.36. The van der Waals surface area contributed by atoms with Gasteiger partial charge in [-0.15, -0.1) is 0 Å². The summed E-state index contributed by atoms with van der Waals surface area (Å²) in [5.41, 5.74) is 1.57. The number of aromatic amines is 1. The van der Waals surface area contributed by atoms with Gasteiger partial charge in [0.1, 0.15) is 0 Å². The van der Waals surface area contributed by atoms with Crippen LogP contribution in [0, 0.1) is 0 Å². The summed E-state index contributed by atoms with van der Waals surface area (Å²) in [6.07, 6.45) is -0.925. The van der Waals surface area contributed by atoms with Gasteiger partial charge in [0.05, 0.1) is 5.56 Å². The Kier molecular flexibility index (Phi) is 6.13. The SMILES string of the molecule is CC(OC(=O)c1cc(=O)[nH]c2ccccc12)C(=O)N1CCN(Cc2ccccc2)CC1. The first-order valence-electron chi connectivity index (χ1n) is 10.4. The first kappa shape index (κ1) is 20.8. The summed E-state index contributed by atoms with van der Waals surface area (Å²) in [7, 11) is 0. The number of piperazine rings is 1. The van der Waals surface area contributed by atoms with Gasteiger partial charge < -0.3 is 14.6 Å². The number of pyridine rings is 1. The molecule has 1 aliphatic rings. The van der Waals surface area contributed by atoms with E-state index < -0.39 is 12.1 Å². The fourth-order valence-electron chi connectivity index (χ4n) is 3.87. The number of nitrogens with zero attached hydrogens (tertiary/aromatic N) is 2. The first-order valence-corrected chi connectivity index (χ1v) is 10.4. The molecule has 1 unspecified atom stereocenters. The van der Waals surface area contributed by atoms with Gasteiger partial charge in [0.2, 0.25) is 5.56 Å². The minimum Gasteiger partial charge on any atom is -0.449 e. The monoisotopic (exact) mass is 419 g/mol. The molecule has 2 aromatic carbocycles. The molecule has 1 atom stereocenters. The molecule has 2 heterocycles. The molecule has 0 spiro atoms. The van der Waals surface area contributed by atoms with E-state index in [1.54, 1.807) is 36.1 Å². The zero-order chi connectivity index (χ0) is 21.8. The van der Waals surface area contributed by atoms with E-state index in [9.17, 15) is 14.4 Å². The van der Waals surface area contributed by atoms with E-state index in [4.69, 9.17) is 4.74 Å². The third-order valence-electron chi connectivity index (χ3n) is 5.54. The van der Waals surface area contributed by atoms with Crippen molar-refractivity contribution in [1.29, 1.82) is 0 Å². The fraction of sp³-hybridized carbons (Fsp3) is 0.292. The number of hydrogen-bond donors (Lipinski definition) is 1. The van der Waals surface area contributed by atoms with Crippen molar-refractivity contribution in [2.75, 3.05) is 26.2 Å². The number of amides is 1. The fourth-order valence-corrected chi connectivity index (χ4v) is 3.87. The number of nitrogens with one attached hydrogen (secondary N) is 1. The average molecular weight is 419 g/mol. The zero-order valence-electron chi connectivity index (χ0n) is 17.4. The van der Waals surface area contributed by atoms with Crippen LogP contribution in [0.25, 0.3) is 10.9 Å². The quantitative estimate of drug-likeness (QED) is 0.643. The number of hydrogen-bond acceptors (Lipinski definition) is 5. The second kappa shape index (κ2) is 9.14. The Morgan fingerprint density at radius 3 is 2.42 bits per heavy atom. The van der Waals surface area contributed by atoms with Crippen LogP contribution in [-0.4, -0.2) is 58.9 Å². The molecule has 0 bridgehead atoms. The van der Waals surface area contributed by atoms with Gasteiger partial charge in [0, 0.05) is 49.7 Å². The lowest BCUT2D eigenvalue weighted by Crippen LogP contribution is -2.51. The van der Waals surface area contributed by atoms with Crippen molar-refractivity contribution < 1.29 is 14.3 Å². The molecule has 7 nitrogen and oxygen atoms in total. The third kappa shape index (κ3) is 4.83. The predicted octanol–water partition coefficient (Wildman–Crippen LogP) is 2.42. The molecule has 3 aromatic rings. The van der Waals surface area contributed by atoms with Crippen LogP contribution in [0.5, 0.6) is 0 Å². The largest absolute Gasteiger partial charge is 0.449 e. The lowest BCUT2D eigenvalue weighted by Gasteiger charge is -2.35. The van der Waals surface area contributed by atoms with Gasteiger partial charge in [-0.25, -0.2) is 4.79 Å². The third-order valence-corrected chi connectivity index (χ3v) is 5.54. The number of carbonyl (C=O) groups is 2. The van der Waals surface area contributed by atoms with E-state index in [1.807, 2.05) is 18.2 Å². The summed E-state index contributed by atoms with van der Waals surface area (Å²) < 4.78 is 5.44. The van der Waals surface area contributed by atoms with Crippen LogP contribution in [0.1, 0.15) is 22.8 Å². The van der Waals surface area contributed by atoms with Gasteiger partial charge in [-0.3, -0.25) is 14.5 Å². The molecule has 1 saturated heterocycles. The molecule has 1 N–H and O–H groups in total. The van der Waals surface area contributed by atoms with E-state index in [2.05, 4.69) is 22.0 Å². The summed E-state index contributed by atoms with van der Waals surface area (Å²) >= 11 is 0. The molecule has 1 aliphatic heterocycles. The molecule has 0 radical (unpaired) electrons. The predicted molar refractivity (Wildman–Crippen MR) is 118 cm³/mol. The molecule has 0 aliphatic carbocycles. The van der Waals surface area contributed by atoms with Gasteiger partial charge in [0.25, 0.3) is 5.91 Å². The Hall–Kier alpha value is -3.45. The van der Waals surface area contributed by atoms with Crippen molar-refractivity contribution in [3.8, 4) is 0 Å². The molecule has 1 fully saturated rings. The van der Waals surface area contributed by atoms with Gasteiger partial charge in [0.15, 0.2) is 6.10 Å². The minimum absolute atomic E-state index is 0.159. The summed E-state index contributed by atoms with van der Waals surface area (Å²) in [5, 5.41) is 0.585. The Morgan fingerprint density at radius 1 is 1.00 bits per heavy atom. The average Bonchev–Trinajstić information content (AvgIpc) is 2.79. The van der Waals surface area contributed by atoms with Crippen molar-refractivity contribution in [3.05, 3.63) is 82.1 Å². The Bertz CT molecular complexity index is 1130. The van der Waals surface area contributed by atoms with Crippen molar-refractivity contribution in [2.45, 2.75) is 19.6 Å². The molecule has 160 valence electrons. The number of aromatic nitrogens is 1. The highest BCUT2D eigenvalue weighted by Gasteiger charge is 2.28. The number of H-pyrrole nitrogens is 1. The second-order valence-corrected chi connectivity index (χ2v) is 7.73. The van der Waals surface area contributed by atoms with Crippen molar-refractivity contribution in [2.24, 2.45) is 0 Å². The Morgan fingerprint density at radius 2 is 1.68 bits per heavy atom. The van der Waals surface area contributed by atoms with E-state index in [1.165, 1.54) is 11.6 Å². The van der Waals surface area contributed by atoms with Gasteiger partial charge in [-0.1, -0.05) is 48.5 Å². The minimum atomic E-state index is -0.925. The molecule has 1 amide bonds. The first-order chi connectivity index (χ1) is 15.0. The molecular formula is C24H25N3O4. The standard InChI is InChI=1S/C24H25N3O4/c1-17(31-24(30)20-15-22(28)25-21-10-6-5-9-19(20)21)23(29)27-13-11-26(12-14-27)16-18-7-3-2-4-8-18/h2-10,15,17H,11-14,16H2,1H3,(H,25,28). The van der Waals surface area contributed by atoms with Gasteiger partial charge >= 0.3 is 5.97 Å². The lowest BCUT2D eigenvalue weighted by molar-refractivity contribution is -0.141. The topological polar surface area (TPSA) is 82.7 Å². The van der Waals surface area contributed by atoms with E-state index >= 15 is 0 Å². The van der Waals surface area contributed by atoms with Gasteiger partial charge in [-0.2, -0.15) is 0 Å². The smallest absolute Gasteiger partial charge is 0.339 e. The molecule has 7 heteroatoms. The number of para-hydroxylation sites is 1. The normalized spacial score (nSPS) is 15.6. The van der Waals surface area contributed by atoms with E-state index in [0.29, 0.717) is 24.0 Å². The van der Waals surface area contributed by atoms with E-state index in [-0.39, 0.29) is 17.0 Å². The van der Waals surface area contributed by atoms with Crippen LogP contribution in [0.15, 0.2) is 65.5 Å². The molecule has 4 rings (SSSR count). The number of rotatable bonds is 5. The maximum Gasteiger partial charge on any atom is 0.339 e. The molecular weight excluding hydrogens is 394 g/mol. The Labute approximate surface area is 180 Å². The molecule has 31 heavy (non-hydrogen) atoms. The number of benzene rings is 2. The van der Waals surface area contributed by atoms with Crippen LogP contribution in [0.2, 0.25) is 0 Å². The summed E-state index contributed by atoms with van der Waals surface area (Å²) in [6.45, 7) is 5.12. The molecule has 0 saturated carbocycles. The highest BCUT2D eigenvalue weighted by atomic mass is 16.5. The highest BCUT2D eigenvalue weighted by Crippen LogP contribution is 2.17. The second-order valence-electron chi connectivity index (χ2n) is 7.73. The summed E-state index contributed by atoms with van der Waals surface area (Å²) in [5.74, 6) is -0.896. The van der Waals surface area contributed by atoms with Crippen molar-refractivity contribution in [1.82, 2.24) is 14.8 Å². The van der Waals surface area contributed by atoms with Crippen molar-refractivity contribution in [3.63, 3.8) is 0 Å². The van der Waals surface area contributed by atoms with Crippen LogP contribution in [0.4, 0.5) is 0 Å².